The summed E-state index contributed by atoms with van der Waals surface area (Å²) >= 11 is 0. The second-order valence-electron chi connectivity index (χ2n) is 5.38. The van der Waals surface area contributed by atoms with Crippen LogP contribution in [0, 0.1) is 0 Å². The van der Waals surface area contributed by atoms with E-state index in [4.69, 9.17) is 9.47 Å². The number of hydrogen-bond donors (Lipinski definition) is 0. The van der Waals surface area contributed by atoms with Crippen LogP contribution < -0.4 is 9.47 Å². The maximum Gasteiger partial charge on any atom is 0.120 e. The number of hydrogen-bond acceptors (Lipinski definition) is 2. The molecule has 120 valence electrons. The van der Waals surface area contributed by atoms with Gasteiger partial charge in [0.05, 0.1) is 7.11 Å². The van der Waals surface area contributed by atoms with Crippen molar-refractivity contribution in [3.63, 3.8) is 0 Å². The molecule has 3 rings (SSSR count). The Bertz CT molecular complexity index is 772. The molecule has 3 aromatic rings. The molecule has 2 heteroatoms. The lowest BCUT2D eigenvalue weighted by atomic mass is 10.0. The minimum Gasteiger partial charge on any atom is -0.497 e. The van der Waals surface area contributed by atoms with Crippen LogP contribution in [0.25, 0.3) is 17.2 Å². The van der Waals surface area contributed by atoms with Gasteiger partial charge >= 0.3 is 0 Å². The molecular formula is C22H20O2. The van der Waals surface area contributed by atoms with Gasteiger partial charge < -0.3 is 9.47 Å². The normalized spacial score (nSPS) is 10.7. The second-order valence-corrected chi connectivity index (χ2v) is 5.38. The number of rotatable bonds is 6. The summed E-state index contributed by atoms with van der Waals surface area (Å²) in [7, 11) is 1.65. The molecular weight excluding hydrogens is 296 g/mol. The molecule has 0 aliphatic heterocycles. The van der Waals surface area contributed by atoms with Gasteiger partial charge in [-0.2, -0.15) is 0 Å². The second kappa shape index (κ2) is 8.02. The first-order chi connectivity index (χ1) is 11.8. The lowest BCUT2D eigenvalue weighted by molar-refractivity contribution is 0.361. The van der Waals surface area contributed by atoms with Crippen LogP contribution in [-0.2, 0) is 0 Å². The van der Waals surface area contributed by atoms with Crippen LogP contribution in [0.1, 0.15) is 5.56 Å². The summed E-state index contributed by atoms with van der Waals surface area (Å²) in [6.07, 6.45) is 4.08. The third-order valence-electron chi connectivity index (χ3n) is 3.73. The monoisotopic (exact) mass is 316 g/mol. The van der Waals surface area contributed by atoms with Gasteiger partial charge in [-0.15, -0.1) is 0 Å². The molecule has 0 radical (unpaired) electrons. The molecule has 0 heterocycles. The fraction of sp³-hybridized carbons (Fsp3) is 0.0909. The summed E-state index contributed by atoms with van der Waals surface area (Å²) in [5, 5.41) is 0. The molecule has 0 amide bonds. The van der Waals surface area contributed by atoms with E-state index in [1.165, 1.54) is 11.1 Å². The quantitative estimate of drug-likeness (QED) is 0.601. The van der Waals surface area contributed by atoms with E-state index in [-0.39, 0.29) is 0 Å². The minimum atomic E-state index is 0.534. The fourth-order valence-corrected chi connectivity index (χ4v) is 2.42. The maximum absolute atomic E-state index is 5.68. The van der Waals surface area contributed by atoms with Crippen LogP contribution in [0.4, 0.5) is 0 Å². The number of benzene rings is 3. The Labute approximate surface area is 143 Å². The zero-order chi connectivity index (χ0) is 16.6. The molecule has 0 aromatic heterocycles. The summed E-state index contributed by atoms with van der Waals surface area (Å²) in [6.45, 7) is 0.534. The summed E-state index contributed by atoms with van der Waals surface area (Å²) in [6, 6.07) is 26.5. The van der Waals surface area contributed by atoms with Crippen molar-refractivity contribution in [1.29, 1.82) is 0 Å². The van der Waals surface area contributed by atoms with E-state index in [9.17, 15) is 0 Å². The van der Waals surface area contributed by atoms with Crippen molar-refractivity contribution in [3.05, 3.63) is 90.5 Å². The summed E-state index contributed by atoms with van der Waals surface area (Å²) < 4.78 is 10.8. The van der Waals surface area contributed by atoms with Crippen molar-refractivity contribution in [3.8, 4) is 22.6 Å². The highest BCUT2D eigenvalue weighted by atomic mass is 16.5. The topological polar surface area (TPSA) is 18.5 Å². The molecule has 0 spiro atoms. The SMILES string of the molecule is COc1ccc(OC/C=C/c2ccc(-c3ccccc3)cc2)cc1. The lowest BCUT2D eigenvalue weighted by Crippen LogP contribution is -1.93. The number of methoxy groups -OCH3 is 1. The Balaban J connectivity index is 1.54. The molecule has 0 bridgehead atoms. The highest BCUT2D eigenvalue weighted by Crippen LogP contribution is 2.20. The first-order valence-electron chi connectivity index (χ1n) is 7.94. The van der Waals surface area contributed by atoms with Crippen molar-refractivity contribution < 1.29 is 9.47 Å². The predicted octanol–water partition coefficient (Wildman–Crippen LogP) is 5.45. The summed E-state index contributed by atoms with van der Waals surface area (Å²) in [5.41, 5.74) is 3.62. The van der Waals surface area contributed by atoms with Crippen molar-refractivity contribution in [2.75, 3.05) is 13.7 Å². The van der Waals surface area contributed by atoms with E-state index < -0.39 is 0 Å². The first-order valence-corrected chi connectivity index (χ1v) is 7.94. The maximum atomic E-state index is 5.68. The van der Waals surface area contributed by atoms with E-state index >= 15 is 0 Å². The molecule has 2 nitrogen and oxygen atoms in total. The molecule has 0 saturated heterocycles. The van der Waals surface area contributed by atoms with Crippen molar-refractivity contribution in [2.45, 2.75) is 0 Å². The van der Waals surface area contributed by atoms with Gasteiger partial charge in [0.15, 0.2) is 0 Å². The average Bonchev–Trinajstić information content (AvgIpc) is 2.67. The van der Waals surface area contributed by atoms with Gasteiger partial charge in [-0.05, 0) is 47.0 Å². The molecule has 0 saturated carbocycles. The van der Waals surface area contributed by atoms with Crippen LogP contribution in [0.15, 0.2) is 84.9 Å². The van der Waals surface area contributed by atoms with Crippen LogP contribution in [0.3, 0.4) is 0 Å². The third-order valence-corrected chi connectivity index (χ3v) is 3.73. The highest BCUT2D eigenvalue weighted by molar-refractivity contribution is 5.65. The lowest BCUT2D eigenvalue weighted by Gasteiger charge is -2.04. The van der Waals surface area contributed by atoms with Gasteiger partial charge in [0, 0.05) is 0 Å². The zero-order valence-corrected chi connectivity index (χ0v) is 13.7. The highest BCUT2D eigenvalue weighted by Gasteiger charge is 1.96. The van der Waals surface area contributed by atoms with Crippen molar-refractivity contribution >= 4 is 6.08 Å². The van der Waals surface area contributed by atoms with Gasteiger partial charge in [-0.25, -0.2) is 0 Å². The molecule has 0 aliphatic rings. The molecule has 0 fully saturated rings. The van der Waals surface area contributed by atoms with Crippen molar-refractivity contribution in [2.24, 2.45) is 0 Å². The summed E-state index contributed by atoms with van der Waals surface area (Å²) in [5.74, 6) is 1.66. The van der Waals surface area contributed by atoms with E-state index in [2.05, 4.69) is 54.6 Å². The first kappa shape index (κ1) is 15.9. The number of ether oxygens (including phenoxy) is 2. The van der Waals surface area contributed by atoms with Crippen LogP contribution in [0.2, 0.25) is 0 Å². The molecule has 0 N–H and O–H groups in total. The average molecular weight is 316 g/mol. The van der Waals surface area contributed by atoms with Gasteiger partial charge in [0.1, 0.15) is 18.1 Å². The molecule has 24 heavy (non-hydrogen) atoms. The van der Waals surface area contributed by atoms with E-state index in [0.29, 0.717) is 6.61 Å². The largest absolute Gasteiger partial charge is 0.497 e. The Morgan fingerprint density at radius 2 is 1.33 bits per heavy atom. The molecule has 3 aromatic carbocycles. The van der Waals surface area contributed by atoms with Crippen LogP contribution >= 0.6 is 0 Å². The molecule has 0 unspecified atom stereocenters. The van der Waals surface area contributed by atoms with E-state index in [1.54, 1.807) is 7.11 Å². The van der Waals surface area contributed by atoms with Gasteiger partial charge in [0.2, 0.25) is 0 Å². The van der Waals surface area contributed by atoms with E-state index in [1.807, 2.05) is 36.4 Å². The predicted molar refractivity (Wildman–Crippen MR) is 99.4 cm³/mol. The Kier molecular flexibility index (Phi) is 5.31. The van der Waals surface area contributed by atoms with Crippen LogP contribution in [-0.4, -0.2) is 13.7 Å². The van der Waals surface area contributed by atoms with Crippen LogP contribution in [0.5, 0.6) is 11.5 Å². The zero-order valence-electron chi connectivity index (χ0n) is 13.7. The Hall–Kier alpha value is -3.00. The molecule has 0 atom stereocenters. The van der Waals surface area contributed by atoms with E-state index in [0.717, 1.165) is 17.1 Å². The molecule has 0 aliphatic carbocycles. The standard InChI is InChI=1S/C22H20O2/c1-23-21-13-15-22(16-14-21)24-17-5-6-18-9-11-20(12-10-18)19-7-3-2-4-8-19/h2-16H,17H2,1H3/b6-5+. The van der Waals surface area contributed by atoms with Crippen molar-refractivity contribution in [1.82, 2.24) is 0 Å². The smallest absolute Gasteiger partial charge is 0.120 e. The Morgan fingerprint density at radius 3 is 2.00 bits per heavy atom. The van der Waals surface area contributed by atoms with Gasteiger partial charge in [0.25, 0.3) is 0 Å². The third kappa shape index (κ3) is 4.26. The minimum absolute atomic E-state index is 0.534. The summed E-state index contributed by atoms with van der Waals surface area (Å²) in [4.78, 5) is 0. The van der Waals surface area contributed by atoms with Gasteiger partial charge in [-0.1, -0.05) is 60.7 Å². The fourth-order valence-electron chi connectivity index (χ4n) is 2.42. The Morgan fingerprint density at radius 1 is 0.708 bits per heavy atom. The van der Waals surface area contributed by atoms with Gasteiger partial charge in [-0.3, -0.25) is 0 Å².